The maximum absolute atomic E-state index is 14.0. The number of benzene rings is 3. The van der Waals surface area contributed by atoms with E-state index in [1.165, 1.54) is 5.56 Å². The second kappa shape index (κ2) is 10.7. The minimum absolute atomic E-state index is 0.0664. The Morgan fingerprint density at radius 3 is 2.48 bits per heavy atom. The molecule has 0 saturated heterocycles. The number of rotatable bonds is 5. The Morgan fingerprint density at radius 1 is 0.875 bits per heavy atom. The van der Waals surface area contributed by atoms with Gasteiger partial charge in [-0.2, -0.15) is 0 Å². The number of fused-ring (bicyclic) bond motifs is 2. The molecule has 1 aliphatic rings. The molecule has 0 aliphatic carbocycles. The van der Waals surface area contributed by atoms with E-state index in [4.69, 9.17) is 0 Å². The van der Waals surface area contributed by atoms with Crippen molar-refractivity contribution in [2.45, 2.75) is 33.5 Å². The predicted octanol–water partition coefficient (Wildman–Crippen LogP) is 6.31. The molecule has 2 amide bonds. The van der Waals surface area contributed by atoms with E-state index in [1.807, 2.05) is 83.1 Å². The first-order chi connectivity index (χ1) is 19.5. The number of nitrogens with zero attached hydrogens (tertiary/aromatic N) is 3. The molecule has 0 spiro atoms. The highest BCUT2D eigenvalue weighted by molar-refractivity contribution is 6.07. The lowest BCUT2D eigenvalue weighted by molar-refractivity contribution is 0.0941. The van der Waals surface area contributed by atoms with Gasteiger partial charge in [0, 0.05) is 35.9 Å². The molecule has 0 saturated carbocycles. The van der Waals surface area contributed by atoms with Gasteiger partial charge in [0.2, 0.25) is 0 Å². The third kappa shape index (κ3) is 4.92. The van der Waals surface area contributed by atoms with E-state index in [-0.39, 0.29) is 11.8 Å². The Kier molecular flexibility index (Phi) is 6.74. The van der Waals surface area contributed by atoms with E-state index in [2.05, 4.69) is 41.5 Å². The topological polar surface area (TPSA) is 67.2 Å². The van der Waals surface area contributed by atoms with Gasteiger partial charge in [-0.1, -0.05) is 60.2 Å². The van der Waals surface area contributed by atoms with Crippen molar-refractivity contribution < 1.29 is 9.59 Å². The van der Waals surface area contributed by atoms with Gasteiger partial charge in [-0.15, -0.1) is 0 Å². The van der Waals surface area contributed by atoms with Crippen LogP contribution in [-0.2, 0) is 19.6 Å². The molecule has 0 atom stereocenters. The SMILES string of the molecule is Cc1ccc(-c2ccc(C(=O)N3Cc4ccc(C(=O)NCc5cccnc5)n4Cc4ccccc43)cc2C)cc1. The second-order valence-corrected chi connectivity index (χ2v) is 10.3. The van der Waals surface area contributed by atoms with Crippen LogP contribution in [0, 0.1) is 13.8 Å². The van der Waals surface area contributed by atoms with Crippen molar-refractivity contribution in [2.75, 3.05) is 4.90 Å². The van der Waals surface area contributed by atoms with E-state index in [9.17, 15) is 9.59 Å². The standard InChI is InChI=1S/C34H30N4O2/c1-23-9-11-26(12-10-23)30-15-13-27(18-24(30)2)34(40)38-22-29-14-16-32(33(39)36-20-25-6-5-17-35-19-25)37(29)21-28-7-3-4-8-31(28)38/h3-19H,20-22H2,1-2H3,(H,36,39). The van der Waals surface area contributed by atoms with Crippen LogP contribution in [0.4, 0.5) is 5.69 Å². The van der Waals surface area contributed by atoms with Gasteiger partial charge in [0.15, 0.2) is 0 Å². The van der Waals surface area contributed by atoms with Crippen LogP contribution in [-0.4, -0.2) is 21.4 Å². The summed E-state index contributed by atoms with van der Waals surface area (Å²) in [4.78, 5) is 33.1. The summed E-state index contributed by atoms with van der Waals surface area (Å²) < 4.78 is 2.01. The quantitative estimate of drug-likeness (QED) is 0.292. The summed E-state index contributed by atoms with van der Waals surface area (Å²) in [6.07, 6.45) is 3.45. The molecule has 6 heteroatoms. The van der Waals surface area contributed by atoms with Crippen molar-refractivity contribution in [1.82, 2.24) is 14.9 Å². The highest BCUT2D eigenvalue weighted by Gasteiger charge is 2.27. The summed E-state index contributed by atoms with van der Waals surface area (Å²) >= 11 is 0. The molecule has 5 aromatic rings. The second-order valence-electron chi connectivity index (χ2n) is 10.3. The molecule has 6 nitrogen and oxygen atoms in total. The largest absolute Gasteiger partial charge is 0.347 e. The molecular formula is C34H30N4O2. The minimum atomic E-state index is -0.158. The van der Waals surface area contributed by atoms with Crippen molar-refractivity contribution in [3.05, 3.63) is 143 Å². The Morgan fingerprint density at radius 2 is 1.70 bits per heavy atom. The van der Waals surface area contributed by atoms with Crippen molar-refractivity contribution in [3.63, 3.8) is 0 Å². The van der Waals surface area contributed by atoms with Gasteiger partial charge < -0.3 is 14.8 Å². The monoisotopic (exact) mass is 526 g/mol. The Bertz CT molecular complexity index is 1700. The van der Waals surface area contributed by atoms with Crippen LogP contribution in [0.25, 0.3) is 11.1 Å². The van der Waals surface area contributed by atoms with E-state index in [0.717, 1.165) is 39.2 Å². The lowest BCUT2D eigenvalue weighted by atomic mass is 9.97. The number of amides is 2. The van der Waals surface area contributed by atoms with Crippen LogP contribution >= 0.6 is 0 Å². The maximum atomic E-state index is 14.0. The number of anilines is 1. The van der Waals surface area contributed by atoms with Crippen molar-refractivity contribution in [2.24, 2.45) is 0 Å². The van der Waals surface area contributed by atoms with Crippen LogP contribution in [0.5, 0.6) is 0 Å². The summed E-state index contributed by atoms with van der Waals surface area (Å²) in [6.45, 7) is 5.38. The molecule has 1 aliphatic heterocycles. The number of hydrogen-bond donors (Lipinski definition) is 1. The molecule has 1 N–H and O–H groups in total. The van der Waals surface area contributed by atoms with Crippen LogP contribution in [0.1, 0.15) is 48.8 Å². The zero-order valence-corrected chi connectivity index (χ0v) is 22.6. The Hall–Kier alpha value is -4.97. The van der Waals surface area contributed by atoms with E-state index < -0.39 is 0 Å². The Balaban J connectivity index is 1.29. The van der Waals surface area contributed by atoms with Gasteiger partial charge in [0.1, 0.15) is 5.69 Å². The average Bonchev–Trinajstić information content (AvgIpc) is 3.29. The molecule has 3 aromatic carbocycles. The van der Waals surface area contributed by atoms with Crippen molar-refractivity contribution in [1.29, 1.82) is 0 Å². The van der Waals surface area contributed by atoms with Gasteiger partial charge >= 0.3 is 0 Å². The normalized spacial score (nSPS) is 12.3. The van der Waals surface area contributed by atoms with Gasteiger partial charge in [-0.25, -0.2) is 0 Å². The third-order valence-electron chi connectivity index (χ3n) is 7.49. The van der Waals surface area contributed by atoms with Gasteiger partial charge in [-0.05, 0) is 78.1 Å². The number of para-hydroxylation sites is 1. The van der Waals surface area contributed by atoms with Crippen LogP contribution in [0.3, 0.4) is 0 Å². The first kappa shape index (κ1) is 25.3. The molecule has 40 heavy (non-hydrogen) atoms. The van der Waals surface area contributed by atoms with Gasteiger partial charge in [0.05, 0.1) is 13.1 Å². The molecule has 0 radical (unpaired) electrons. The molecule has 0 unspecified atom stereocenters. The fraction of sp³-hybridized carbons (Fsp3) is 0.147. The predicted molar refractivity (Wildman–Crippen MR) is 157 cm³/mol. The first-order valence-electron chi connectivity index (χ1n) is 13.4. The van der Waals surface area contributed by atoms with Crippen LogP contribution in [0.2, 0.25) is 0 Å². The van der Waals surface area contributed by atoms with Gasteiger partial charge in [0.25, 0.3) is 11.8 Å². The van der Waals surface area contributed by atoms with Gasteiger partial charge in [-0.3, -0.25) is 14.6 Å². The molecule has 2 aromatic heterocycles. The number of pyridine rings is 1. The number of carbonyl (C=O) groups excluding carboxylic acids is 2. The Labute approximate surface area is 233 Å². The van der Waals surface area contributed by atoms with E-state index in [1.54, 1.807) is 12.4 Å². The fourth-order valence-electron chi connectivity index (χ4n) is 5.32. The smallest absolute Gasteiger partial charge is 0.268 e. The number of hydrogen-bond acceptors (Lipinski definition) is 3. The van der Waals surface area contributed by atoms with E-state index >= 15 is 0 Å². The van der Waals surface area contributed by atoms with Crippen molar-refractivity contribution in [3.8, 4) is 11.1 Å². The molecule has 198 valence electrons. The number of carbonyl (C=O) groups is 2. The lowest BCUT2D eigenvalue weighted by Gasteiger charge is -2.23. The van der Waals surface area contributed by atoms with E-state index in [0.29, 0.717) is 30.9 Å². The molecule has 6 rings (SSSR count). The molecule has 0 fully saturated rings. The summed E-state index contributed by atoms with van der Waals surface area (Å²) in [5.41, 5.74) is 9.41. The maximum Gasteiger partial charge on any atom is 0.268 e. The highest BCUT2D eigenvalue weighted by Crippen LogP contribution is 2.31. The summed E-state index contributed by atoms with van der Waals surface area (Å²) in [5, 5.41) is 3.00. The minimum Gasteiger partial charge on any atom is -0.347 e. The molecule has 3 heterocycles. The number of nitrogens with one attached hydrogen (secondary N) is 1. The molecule has 0 bridgehead atoms. The highest BCUT2D eigenvalue weighted by atomic mass is 16.2. The number of aromatic nitrogens is 2. The zero-order chi connectivity index (χ0) is 27.6. The first-order valence-corrected chi connectivity index (χ1v) is 13.4. The lowest BCUT2D eigenvalue weighted by Crippen LogP contribution is -2.30. The summed E-state index contributed by atoms with van der Waals surface area (Å²) in [6, 6.07) is 29.8. The fourth-order valence-corrected chi connectivity index (χ4v) is 5.32. The van der Waals surface area contributed by atoms with Crippen LogP contribution in [0.15, 0.2) is 103 Å². The summed E-state index contributed by atoms with van der Waals surface area (Å²) in [5.74, 6) is -0.224. The summed E-state index contributed by atoms with van der Waals surface area (Å²) in [7, 11) is 0. The third-order valence-corrected chi connectivity index (χ3v) is 7.49. The average molecular weight is 527 g/mol. The van der Waals surface area contributed by atoms with Crippen molar-refractivity contribution >= 4 is 17.5 Å². The zero-order valence-electron chi connectivity index (χ0n) is 22.6. The number of aryl methyl sites for hydroxylation is 2. The van der Waals surface area contributed by atoms with Crippen LogP contribution < -0.4 is 10.2 Å². The molecular weight excluding hydrogens is 496 g/mol.